The number of hydrogen-bond acceptors (Lipinski definition) is 4. The van der Waals surface area contributed by atoms with Crippen molar-refractivity contribution < 1.29 is 9.90 Å². The highest BCUT2D eigenvalue weighted by Gasteiger charge is 2.13. The monoisotopic (exact) mass is 316 g/mol. The Morgan fingerprint density at radius 2 is 2.04 bits per heavy atom. The summed E-state index contributed by atoms with van der Waals surface area (Å²) in [7, 11) is 1.93. The number of aliphatic hydroxyl groups is 1. The Balaban J connectivity index is 2.16. The van der Waals surface area contributed by atoms with Gasteiger partial charge in [0.05, 0.1) is 12.3 Å². The Hall–Kier alpha value is -2.34. The van der Waals surface area contributed by atoms with Crippen LogP contribution in [-0.4, -0.2) is 33.9 Å². The molecule has 0 bridgehead atoms. The molecule has 6 heteroatoms. The van der Waals surface area contributed by atoms with Gasteiger partial charge in [-0.1, -0.05) is 6.07 Å². The first-order valence-corrected chi connectivity index (χ1v) is 7.67. The topological polar surface area (TPSA) is 79.2 Å². The van der Waals surface area contributed by atoms with E-state index in [4.69, 9.17) is 5.11 Å². The van der Waals surface area contributed by atoms with E-state index in [9.17, 15) is 4.79 Å². The number of hydrogen-bond donors (Lipinski definition) is 3. The summed E-state index contributed by atoms with van der Waals surface area (Å²) >= 11 is 0. The quantitative estimate of drug-likeness (QED) is 0.757. The van der Waals surface area contributed by atoms with Crippen molar-refractivity contribution >= 4 is 11.6 Å². The Morgan fingerprint density at radius 1 is 1.30 bits per heavy atom. The molecule has 124 valence electrons. The van der Waals surface area contributed by atoms with E-state index in [2.05, 4.69) is 15.7 Å². The molecule has 0 aliphatic rings. The van der Waals surface area contributed by atoms with Crippen LogP contribution in [0.2, 0.25) is 0 Å². The van der Waals surface area contributed by atoms with Crippen LogP contribution in [0.3, 0.4) is 0 Å². The van der Waals surface area contributed by atoms with Gasteiger partial charge in [0.2, 0.25) is 0 Å². The number of aromatic nitrogens is 2. The number of aryl methyl sites for hydroxylation is 2. The van der Waals surface area contributed by atoms with Crippen LogP contribution in [-0.2, 0) is 13.6 Å². The molecule has 0 aliphatic heterocycles. The predicted octanol–water partition coefficient (Wildman–Crippen LogP) is 1.68. The highest BCUT2D eigenvalue weighted by Crippen LogP contribution is 2.21. The molecule has 0 saturated carbocycles. The van der Waals surface area contributed by atoms with Crippen molar-refractivity contribution in [2.24, 2.45) is 7.05 Å². The van der Waals surface area contributed by atoms with Crippen LogP contribution in [0.25, 0.3) is 0 Å². The minimum Gasteiger partial charge on any atom is -0.395 e. The van der Waals surface area contributed by atoms with E-state index in [0.717, 1.165) is 22.6 Å². The third kappa shape index (κ3) is 3.71. The average Bonchev–Trinajstić information content (AvgIpc) is 2.77. The fourth-order valence-corrected chi connectivity index (χ4v) is 2.59. The highest BCUT2D eigenvalue weighted by molar-refractivity contribution is 5.97. The summed E-state index contributed by atoms with van der Waals surface area (Å²) in [6, 6.07) is 5.60. The molecule has 1 heterocycles. The predicted molar refractivity (Wildman–Crippen MR) is 90.6 cm³/mol. The molecular formula is C17H24N4O2. The van der Waals surface area contributed by atoms with Gasteiger partial charge >= 0.3 is 0 Å². The zero-order chi connectivity index (χ0) is 17.0. The number of benzene rings is 1. The maximum atomic E-state index is 12.1. The lowest BCUT2D eigenvalue weighted by Gasteiger charge is -2.13. The van der Waals surface area contributed by atoms with E-state index in [0.29, 0.717) is 12.1 Å². The second kappa shape index (κ2) is 7.28. The van der Waals surface area contributed by atoms with Crippen LogP contribution in [0, 0.1) is 20.8 Å². The van der Waals surface area contributed by atoms with Crippen molar-refractivity contribution in [2.75, 3.05) is 18.5 Å². The molecule has 0 unspecified atom stereocenters. The minimum atomic E-state index is -0.172. The van der Waals surface area contributed by atoms with Crippen LogP contribution in [0.15, 0.2) is 18.2 Å². The molecule has 3 N–H and O–H groups in total. The molecule has 1 aromatic heterocycles. The average molecular weight is 316 g/mol. The summed E-state index contributed by atoms with van der Waals surface area (Å²) in [5.74, 6) is -0.172. The van der Waals surface area contributed by atoms with Crippen molar-refractivity contribution in [1.82, 2.24) is 15.1 Å². The number of carbonyl (C=O) groups is 1. The van der Waals surface area contributed by atoms with Gasteiger partial charge in [-0.05, 0) is 38.5 Å². The van der Waals surface area contributed by atoms with Crippen molar-refractivity contribution in [2.45, 2.75) is 27.3 Å². The SMILES string of the molecule is Cc1nn(C)c(C)c1CNc1cccc(C(=O)NCCO)c1C. The number of carbonyl (C=O) groups excluding carboxylic acids is 1. The molecule has 0 fully saturated rings. The lowest BCUT2D eigenvalue weighted by molar-refractivity contribution is 0.0944. The van der Waals surface area contributed by atoms with Gasteiger partial charge in [0.1, 0.15) is 0 Å². The van der Waals surface area contributed by atoms with Crippen LogP contribution < -0.4 is 10.6 Å². The Labute approximate surface area is 136 Å². The van der Waals surface area contributed by atoms with Gasteiger partial charge in [-0.25, -0.2) is 0 Å². The number of rotatable bonds is 6. The smallest absolute Gasteiger partial charge is 0.251 e. The summed E-state index contributed by atoms with van der Waals surface area (Å²) in [5, 5.41) is 19.3. The molecule has 0 spiro atoms. The normalized spacial score (nSPS) is 10.7. The first-order chi connectivity index (χ1) is 11.0. The molecule has 0 aliphatic carbocycles. The van der Waals surface area contributed by atoms with Gasteiger partial charge < -0.3 is 15.7 Å². The Bertz CT molecular complexity index is 707. The molecule has 1 amide bonds. The van der Waals surface area contributed by atoms with Crippen LogP contribution in [0.4, 0.5) is 5.69 Å². The summed E-state index contributed by atoms with van der Waals surface area (Å²) < 4.78 is 1.87. The third-order valence-electron chi connectivity index (χ3n) is 4.09. The van der Waals surface area contributed by atoms with E-state index in [1.165, 1.54) is 5.56 Å². The van der Waals surface area contributed by atoms with Gasteiger partial charge in [0.25, 0.3) is 5.91 Å². The molecule has 0 radical (unpaired) electrons. The molecule has 2 aromatic rings. The Kier molecular flexibility index (Phi) is 5.39. The maximum Gasteiger partial charge on any atom is 0.251 e. The second-order valence-electron chi connectivity index (χ2n) is 5.58. The summed E-state index contributed by atoms with van der Waals surface area (Å²) in [5.41, 5.74) is 5.73. The van der Waals surface area contributed by atoms with Crippen molar-refractivity contribution in [3.8, 4) is 0 Å². The fraction of sp³-hybridized carbons (Fsp3) is 0.412. The molecular weight excluding hydrogens is 292 g/mol. The van der Waals surface area contributed by atoms with Crippen LogP contribution in [0.1, 0.15) is 32.9 Å². The molecule has 23 heavy (non-hydrogen) atoms. The van der Waals surface area contributed by atoms with Crippen LogP contribution >= 0.6 is 0 Å². The van der Waals surface area contributed by atoms with Crippen LogP contribution in [0.5, 0.6) is 0 Å². The summed E-state index contributed by atoms with van der Waals surface area (Å²) in [4.78, 5) is 12.1. The van der Waals surface area contributed by atoms with Crippen molar-refractivity contribution in [3.63, 3.8) is 0 Å². The van der Waals surface area contributed by atoms with Crippen molar-refractivity contribution in [3.05, 3.63) is 46.3 Å². The number of nitrogens with zero attached hydrogens (tertiary/aromatic N) is 2. The van der Waals surface area contributed by atoms with Gasteiger partial charge in [0, 0.05) is 42.6 Å². The number of amides is 1. The third-order valence-corrected chi connectivity index (χ3v) is 4.09. The van der Waals surface area contributed by atoms with E-state index >= 15 is 0 Å². The largest absolute Gasteiger partial charge is 0.395 e. The molecule has 6 nitrogen and oxygen atoms in total. The minimum absolute atomic E-state index is 0.0672. The molecule has 0 saturated heterocycles. The number of aliphatic hydroxyl groups excluding tert-OH is 1. The standard InChI is InChI=1S/C17H24N4O2/c1-11-14(17(23)18-8-9-22)6-5-7-16(11)19-10-15-12(2)20-21(4)13(15)3/h5-7,19,22H,8-10H2,1-4H3,(H,18,23). The zero-order valence-electron chi connectivity index (χ0n) is 14.1. The first-order valence-electron chi connectivity index (χ1n) is 7.67. The summed E-state index contributed by atoms with van der Waals surface area (Å²) in [6.45, 7) is 6.80. The van der Waals surface area contributed by atoms with Gasteiger partial charge in [0.15, 0.2) is 0 Å². The summed E-state index contributed by atoms with van der Waals surface area (Å²) in [6.07, 6.45) is 0. The maximum absolute atomic E-state index is 12.1. The Morgan fingerprint density at radius 3 is 2.65 bits per heavy atom. The highest BCUT2D eigenvalue weighted by atomic mass is 16.3. The van der Waals surface area contributed by atoms with Gasteiger partial charge in [-0.2, -0.15) is 5.10 Å². The molecule has 2 rings (SSSR count). The molecule has 0 atom stereocenters. The van der Waals surface area contributed by atoms with E-state index in [1.54, 1.807) is 6.07 Å². The first kappa shape index (κ1) is 17.0. The lowest BCUT2D eigenvalue weighted by atomic mass is 10.1. The van der Waals surface area contributed by atoms with E-state index in [1.807, 2.05) is 44.6 Å². The number of nitrogens with one attached hydrogen (secondary N) is 2. The van der Waals surface area contributed by atoms with Crippen molar-refractivity contribution in [1.29, 1.82) is 0 Å². The second-order valence-corrected chi connectivity index (χ2v) is 5.58. The van der Waals surface area contributed by atoms with Gasteiger partial charge in [-0.15, -0.1) is 0 Å². The number of anilines is 1. The van der Waals surface area contributed by atoms with Gasteiger partial charge in [-0.3, -0.25) is 9.48 Å². The lowest BCUT2D eigenvalue weighted by Crippen LogP contribution is -2.27. The molecule has 1 aromatic carbocycles. The fourth-order valence-electron chi connectivity index (χ4n) is 2.59. The van der Waals surface area contributed by atoms with E-state index < -0.39 is 0 Å². The zero-order valence-corrected chi connectivity index (χ0v) is 14.1. The van der Waals surface area contributed by atoms with E-state index in [-0.39, 0.29) is 19.1 Å².